The van der Waals surface area contributed by atoms with E-state index >= 15 is 0 Å². The molecule has 4 heterocycles. The largest absolute Gasteiger partial charge is 0.388 e. The molecule has 3 fully saturated rings. The van der Waals surface area contributed by atoms with Crippen LogP contribution in [-0.4, -0.2) is 77.1 Å². The zero-order valence-corrected chi connectivity index (χ0v) is 21.2. The molecule has 0 amide bonds. The SMILES string of the molecule is O=P(O)(O)CCCC[C@H]1O[C@@H](n2cnc3c(N4CCC5(CCCCC5)C4)nc(Cl)nc32)[C@@H](O)C1O. The number of aliphatic hydroxyl groups excluding tert-OH is 2. The number of rotatable bonds is 7. The van der Waals surface area contributed by atoms with Gasteiger partial charge in [0, 0.05) is 19.3 Å². The number of hydrogen-bond acceptors (Lipinski definition) is 8. The summed E-state index contributed by atoms with van der Waals surface area (Å²) < 4.78 is 18.6. The third-order valence-electron chi connectivity index (χ3n) is 7.83. The van der Waals surface area contributed by atoms with Gasteiger partial charge < -0.3 is 29.6 Å². The van der Waals surface area contributed by atoms with Crippen LogP contribution in [0.4, 0.5) is 5.82 Å². The highest BCUT2D eigenvalue weighted by atomic mass is 35.5. The smallest absolute Gasteiger partial charge is 0.325 e. The Kier molecular flexibility index (Phi) is 7.13. The third-order valence-corrected chi connectivity index (χ3v) is 8.90. The Bertz CT molecular complexity index is 1110. The van der Waals surface area contributed by atoms with E-state index in [0.717, 1.165) is 19.5 Å². The van der Waals surface area contributed by atoms with Crippen molar-refractivity contribution in [2.24, 2.45) is 5.41 Å². The van der Waals surface area contributed by atoms with Gasteiger partial charge in [-0.25, -0.2) is 4.98 Å². The van der Waals surface area contributed by atoms with Crippen LogP contribution in [0, 0.1) is 5.41 Å². The molecule has 5 rings (SSSR count). The van der Waals surface area contributed by atoms with E-state index in [1.54, 1.807) is 4.57 Å². The summed E-state index contributed by atoms with van der Waals surface area (Å²) >= 11 is 6.32. The first-order valence-corrected chi connectivity index (χ1v) is 14.5. The van der Waals surface area contributed by atoms with Crippen LogP contribution in [0.15, 0.2) is 6.33 Å². The first kappa shape index (κ1) is 25.3. The summed E-state index contributed by atoms with van der Waals surface area (Å²) in [5, 5.41) is 21.4. The molecule has 4 atom stereocenters. The van der Waals surface area contributed by atoms with Crippen molar-refractivity contribution in [1.82, 2.24) is 19.5 Å². The standard InChI is InChI=1S/C22H33ClN5O6P/c23-21-25-18(27-10-9-22(12-27)7-3-1-4-8-22)15-19(26-21)28(13-24-15)20-17(30)16(29)14(34-20)6-2-5-11-35(31,32)33/h13-14,16-17,20,29-30H,1-12H2,(H2,31,32,33)/t14-,16?,17+,20-/m1/s1. The highest BCUT2D eigenvalue weighted by Crippen LogP contribution is 2.45. The molecule has 194 valence electrons. The van der Waals surface area contributed by atoms with Crippen LogP contribution in [0.1, 0.15) is 64.0 Å². The minimum atomic E-state index is -4.06. The molecule has 2 saturated heterocycles. The van der Waals surface area contributed by atoms with Crippen LogP contribution in [-0.2, 0) is 9.30 Å². The lowest BCUT2D eigenvalue weighted by Crippen LogP contribution is -2.31. The molecule has 0 bridgehead atoms. The zero-order valence-electron chi connectivity index (χ0n) is 19.5. The molecule has 1 spiro atoms. The molecule has 35 heavy (non-hydrogen) atoms. The van der Waals surface area contributed by atoms with Gasteiger partial charge >= 0.3 is 7.60 Å². The van der Waals surface area contributed by atoms with Crippen molar-refractivity contribution >= 4 is 36.2 Å². The number of ether oxygens (including phenoxy) is 1. The quantitative estimate of drug-likeness (QED) is 0.239. The minimum absolute atomic E-state index is 0.0841. The number of fused-ring (bicyclic) bond motifs is 1. The van der Waals surface area contributed by atoms with Crippen molar-refractivity contribution in [3.05, 3.63) is 11.6 Å². The second kappa shape index (κ2) is 9.85. The fourth-order valence-electron chi connectivity index (χ4n) is 5.97. The van der Waals surface area contributed by atoms with E-state index in [1.165, 1.54) is 38.4 Å². The topological polar surface area (TPSA) is 154 Å². The van der Waals surface area contributed by atoms with Crippen LogP contribution < -0.4 is 4.90 Å². The molecule has 2 aromatic heterocycles. The molecule has 1 aliphatic carbocycles. The summed E-state index contributed by atoms with van der Waals surface area (Å²) in [4.78, 5) is 33.7. The van der Waals surface area contributed by atoms with Crippen LogP contribution >= 0.6 is 19.2 Å². The maximum atomic E-state index is 11.1. The van der Waals surface area contributed by atoms with Gasteiger partial charge in [0.15, 0.2) is 23.2 Å². The number of halogens is 1. The van der Waals surface area contributed by atoms with Gasteiger partial charge in [-0.2, -0.15) is 9.97 Å². The molecule has 2 aliphatic heterocycles. The third kappa shape index (κ3) is 5.23. The van der Waals surface area contributed by atoms with E-state index in [1.807, 2.05) is 0 Å². The summed E-state index contributed by atoms with van der Waals surface area (Å²) in [5.74, 6) is 0.684. The average Bonchev–Trinajstić information content (AvgIpc) is 3.48. The predicted molar refractivity (Wildman–Crippen MR) is 129 cm³/mol. The normalized spacial score (nSPS) is 29.0. The predicted octanol–water partition coefficient (Wildman–Crippen LogP) is 2.61. The number of aromatic nitrogens is 4. The lowest BCUT2D eigenvalue weighted by atomic mass is 9.73. The van der Waals surface area contributed by atoms with Crippen molar-refractivity contribution < 1.29 is 29.3 Å². The van der Waals surface area contributed by atoms with Crippen LogP contribution in [0.3, 0.4) is 0 Å². The van der Waals surface area contributed by atoms with Crippen molar-refractivity contribution in [3.8, 4) is 0 Å². The molecule has 11 nitrogen and oxygen atoms in total. The van der Waals surface area contributed by atoms with Crippen LogP contribution in [0.25, 0.3) is 11.2 Å². The van der Waals surface area contributed by atoms with Crippen molar-refractivity contribution in [2.45, 2.75) is 82.3 Å². The van der Waals surface area contributed by atoms with Gasteiger partial charge in [-0.1, -0.05) is 25.7 Å². The molecule has 0 radical (unpaired) electrons. The lowest BCUT2D eigenvalue weighted by molar-refractivity contribution is -0.0373. The minimum Gasteiger partial charge on any atom is -0.388 e. The number of unbranched alkanes of at least 4 members (excludes halogenated alkanes) is 1. The maximum absolute atomic E-state index is 11.1. The van der Waals surface area contributed by atoms with Gasteiger partial charge in [0.05, 0.1) is 12.4 Å². The van der Waals surface area contributed by atoms with E-state index < -0.39 is 32.1 Å². The molecule has 1 saturated carbocycles. The fraction of sp³-hybridized carbons (Fsp3) is 0.773. The van der Waals surface area contributed by atoms with Gasteiger partial charge in [0.1, 0.15) is 12.2 Å². The Balaban J connectivity index is 1.34. The molecule has 4 N–H and O–H groups in total. The number of nitrogens with zero attached hydrogens (tertiary/aromatic N) is 5. The van der Waals surface area contributed by atoms with Gasteiger partial charge in [-0.15, -0.1) is 0 Å². The van der Waals surface area contributed by atoms with Crippen molar-refractivity contribution in [3.63, 3.8) is 0 Å². The summed E-state index contributed by atoms with van der Waals surface area (Å²) in [6.45, 7) is 1.80. The number of aliphatic hydroxyl groups is 2. The molecule has 2 aromatic rings. The van der Waals surface area contributed by atoms with E-state index in [9.17, 15) is 14.8 Å². The first-order chi connectivity index (χ1) is 16.7. The molecular formula is C22H33ClN5O6P. The number of hydrogen-bond donors (Lipinski definition) is 4. The summed E-state index contributed by atoms with van der Waals surface area (Å²) in [5.41, 5.74) is 1.34. The van der Waals surface area contributed by atoms with E-state index in [4.69, 9.17) is 26.1 Å². The Morgan fingerprint density at radius 2 is 1.89 bits per heavy atom. The Morgan fingerprint density at radius 3 is 2.63 bits per heavy atom. The summed E-state index contributed by atoms with van der Waals surface area (Å²) in [7, 11) is -4.06. The molecule has 3 aliphatic rings. The Labute approximate surface area is 208 Å². The highest BCUT2D eigenvalue weighted by molar-refractivity contribution is 7.51. The van der Waals surface area contributed by atoms with Gasteiger partial charge in [0.2, 0.25) is 5.28 Å². The molecule has 0 aromatic carbocycles. The average molecular weight is 530 g/mol. The number of imidazole rings is 1. The Hall–Kier alpha value is -1.33. The van der Waals surface area contributed by atoms with E-state index in [0.29, 0.717) is 41.7 Å². The van der Waals surface area contributed by atoms with Crippen LogP contribution in [0.2, 0.25) is 5.28 Å². The first-order valence-electron chi connectivity index (χ1n) is 12.4. The van der Waals surface area contributed by atoms with Crippen molar-refractivity contribution in [1.29, 1.82) is 0 Å². The maximum Gasteiger partial charge on any atom is 0.325 e. The molecule has 1 unspecified atom stereocenters. The van der Waals surface area contributed by atoms with Gasteiger partial charge in [-0.05, 0) is 49.1 Å². The summed E-state index contributed by atoms with van der Waals surface area (Å²) in [6, 6.07) is 0. The van der Waals surface area contributed by atoms with E-state index in [-0.39, 0.29) is 11.4 Å². The van der Waals surface area contributed by atoms with Crippen molar-refractivity contribution in [2.75, 3.05) is 24.2 Å². The zero-order chi connectivity index (χ0) is 24.8. The highest BCUT2D eigenvalue weighted by Gasteiger charge is 2.44. The molecule has 13 heteroatoms. The van der Waals surface area contributed by atoms with Crippen LogP contribution in [0.5, 0.6) is 0 Å². The summed E-state index contributed by atoms with van der Waals surface area (Å²) in [6.07, 6.45) is 5.89. The number of anilines is 1. The van der Waals surface area contributed by atoms with E-state index in [2.05, 4.69) is 19.9 Å². The molecular weight excluding hydrogens is 497 g/mol. The van der Waals surface area contributed by atoms with Gasteiger partial charge in [-0.3, -0.25) is 9.13 Å². The van der Waals surface area contributed by atoms with Gasteiger partial charge in [0.25, 0.3) is 0 Å². The Morgan fingerprint density at radius 1 is 1.11 bits per heavy atom. The second-order valence-corrected chi connectivity index (χ2v) is 12.4. The lowest BCUT2D eigenvalue weighted by Gasteiger charge is -2.33. The fourth-order valence-corrected chi connectivity index (χ4v) is 6.76. The second-order valence-electron chi connectivity index (χ2n) is 10.3. The monoisotopic (exact) mass is 529 g/mol.